The van der Waals surface area contributed by atoms with Crippen molar-refractivity contribution in [1.29, 1.82) is 0 Å². The first-order valence-corrected chi connectivity index (χ1v) is 13.0. The molecular weight excluding hydrogens is 527 g/mol. The van der Waals surface area contributed by atoms with Crippen LogP contribution in [-0.2, 0) is 4.79 Å². The van der Waals surface area contributed by atoms with Crippen molar-refractivity contribution in [2.45, 2.75) is 25.4 Å². The highest BCUT2D eigenvalue weighted by Gasteiger charge is 2.41. The lowest BCUT2D eigenvalue weighted by molar-refractivity contribution is -0.116. The van der Waals surface area contributed by atoms with Gasteiger partial charge >= 0.3 is 0 Å². The molecule has 4 aromatic rings. The fourth-order valence-electron chi connectivity index (χ4n) is 4.39. The number of rotatable bonds is 7. The van der Waals surface area contributed by atoms with Gasteiger partial charge in [-0.1, -0.05) is 53.0 Å². The molecule has 0 bridgehead atoms. The van der Waals surface area contributed by atoms with E-state index < -0.39 is 0 Å². The maximum Gasteiger partial charge on any atom is 0.226 e. The van der Waals surface area contributed by atoms with Gasteiger partial charge in [0.15, 0.2) is 5.11 Å². The minimum Gasteiger partial charge on any atom is -0.459 e. The second-order valence-corrected chi connectivity index (χ2v) is 9.96. The van der Waals surface area contributed by atoms with Gasteiger partial charge in [0.05, 0.1) is 21.8 Å². The van der Waals surface area contributed by atoms with Crippen LogP contribution in [0.1, 0.15) is 35.5 Å². The Labute approximate surface area is 230 Å². The molecule has 1 aliphatic rings. The lowest BCUT2D eigenvalue weighted by Gasteiger charge is -2.25. The molecule has 37 heavy (non-hydrogen) atoms. The third-order valence-corrected chi connectivity index (χ3v) is 7.42. The summed E-state index contributed by atoms with van der Waals surface area (Å²) in [5.41, 5.74) is 3.41. The Morgan fingerprint density at radius 1 is 1.08 bits per heavy atom. The van der Waals surface area contributed by atoms with Crippen LogP contribution in [0.25, 0.3) is 11.3 Å². The Balaban J connectivity index is 1.41. The molecule has 2 aromatic heterocycles. The van der Waals surface area contributed by atoms with E-state index in [2.05, 4.69) is 15.6 Å². The zero-order valence-electron chi connectivity index (χ0n) is 19.9. The van der Waals surface area contributed by atoms with Gasteiger partial charge in [0.2, 0.25) is 5.91 Å². The fraction of sp³-hybridized carbons (Fsp3) is 0.179. The minimum absolute atomic E-state index is 0.0995. The minimum atomic E-state index is -0.318. The highest BCUT2D eigenvalue weighted by Crippen LogP contribution is 2.42. The van der Waals surface area contributed by atoms with E-state index in [9.17, 15) is 4.79 Å². The zero-order chi connectivity index (χ0) is 25.9. The van der Waals surface area contributed by atoms with Crippen LogP contribution >= 0.6 is 35.4 Å². The van der Waals surface area contributed by atoms with Gasteiger partial charge in [-0.25, -0.2) is 0 Å². The highest BCUT2D eigenvalue weighted by molar-refractivity contribution is 7.80. The van der Waals surface area contributed by atoms with Gasteiger partial charge < -0.3 is 20.0 Å². The Morgan fingerprint density at radius 2 is 1.89 bits per heavy atom. The molecule has 2 atom stereocenters. The number of furan rings is 1. The largest absolute Gasteiger partial charge is 0.459 e. The molecular formula is C28H24Cl2N4O2S. The molecule has 5 rings (SSSR count). The van der Waals surface area contributed by atoms with E-state index in [4.69, 9.17) is 39.8 Å². The SMILES string of the molecule is Cc1ccc(NC(=O)CCN2C(=S)N[C@@H](c3ccccn3)[C@H]2c2ccc(-c3cccc(Cl)c3Cl)o2)cc1. The number of hydrogen-bond acceptors (Lipinski definition) is 4. The maximum absolute atomic E-state index is 12.7. The number of amides is 1. The predicted molar refractivity (Wildman–Crippen MR) is 151 cm³/mol. The van der Waals surface area contributed by atoms with Gasteiger partial charge in [0, 0.05) is 30.4 Å². The number of carbonyl (C=O) groups is 1. The quantitative estimate of drug-likeness (QED) is 0.242. The van der Waals surface area contributed by atoms with Crippen LogP contribution in [0.2, 0.25) is 10.0 Å². The predicted octanol–water partition coefficient (Wildman–Crippen LogP) is 6.96. The van der Waals surface area contributed by atoms with Crippen LogP contribution in [0.5, 0.6) is 0 Å². The number of anilines is 1. The van der Waals surface area contributed by atoms with E-state index in [-0.39, 0.29) is 24.4 Å². The van der Waals surface area contributed by atoms with E-state index >= 15 is 0 Å². The molecule has 2 aromatic carbocycles. The second-order valence-electron chi connectivity index (χ2n) is 8.79. The Hall–Kier alpha value is -3.39. The molecule has 1 amide bonds. The number of nitrogens with zero attached hydrogens (tertiary/aromatic N) is 2. The summed E-state index contributed by atoms with van der Waals surface area (Å²) in [6.45, 7) is 2.40. The van der Waals surface area contributed by atoms with E-state index in [0.717, 1.165) is 16.9 Å². The topological polar surface area (TPSA) is 70.4 Å². The van der Waals surface area contributed by atoms with Gasteiger partial charge in [-0.2, -0.15) is 0 Å². The van der Waals surface area contributed by atoms with Crippen molar-refractivity contribution >= 4 is 52.1 Å². The van der Waals surface area contributed by atoms with E-state index in [1.54, 1.807) is 12.3 Å². The van der Waals surface area contributed by atoms with E-state index in [0.29, 0.717) is 38.8 Å². The van der Waals surface area contributed by atoms with E-state index in [1.807, 2.05) is 78.6 Å². The van der Waals surface area contributed by atoms with Crippen molar-refractivity contribution < 1.29 is 9.21 Å². The first-order chi connectivity index (χ1) is 17.9. The summed E-state index contributed by atoms with van der Waals surface area (Å²) in [5, 5.41) is 7.73. The summed E-state index contributed by atoms with van der Waals surface area (Å²) >= 11 is 18.4. The van der Waals surface area contributed by atoms with Gasteiger partial charge in [-0.15, -0.1) is 0 Å². The molecule has 0 saturated carbocycles. The van der Waals surface area contributed by atoms with Crippen molar-refractivity contribution in [3.8, 4) is 11.3 Å². The number of nitrogens with one attached hydrogen (secondary N) is 2. The lowest BCUT2D eigenvalue weighted by atomic mass is 10.0. The standard InChI is InChI=1S/C28H24Cl2N4O2S/c1-17-8-10-18(11-9-17)32-24(35)14-16-34-27(26(33-28(34)37)21-7-2-3-15-31-21)23-13-12-22(36-23)19-5-4-6-20(29)25(19)30/h2-13,15,26-27H,14,16H2,1H3,(H,32,35)(H,33,37)/t26-,27+/m0/s1. The van der Waals surface area contributed by atoms with Gasteiger partial charge in [0.25, 0.3) is 0 Å². The maximum atomic E-state index is 12.7. The summed E-state index contributed by atoms with van der Waals surface area (Å²) in [6.07, 6.45) is 1.99. The average Bonchev–Trinajstić information content (AvgIpc) is 3.51. The molecule has 2 N–H and O–H groups in total. The molecule has 0 spiro atoms. The van der Waals surface area contributed by atoms with Gasteiger partial charge in [0.1, 0.15) is 17.6 Å². The molecule has 3 heterocycles. The molecule has 0 aliphatic carbocycles. The monoisotopic (exact) mass is 550 g/mol. The molecule has 1 saturated heterocycles. The number of hydrogen-bond donors (Lipinski definition) is 2. The van der Waals surface area contributed by atoms with Crippen molar-refractivity contribution in [1.82, 2.24) is 15.2 Å². The Morgan fingerprint density at radius 3 is 2.65 bits per heavy atom. The van der Waals surface area contributed by atoms with Gasteiger partial charge in [-0.05, 0) is 67.7 Å². The first kappa shape index (κ1) is 25.3. The van der Waals surface area contributed by atoms with Crippen LogP contribution in [0.4, 0.5) is 5.69 Å². The highest BCUT2D eigenvalue weighted by atomic mass is 35.5. The summed E-state index contributed by atoms with van der Waals surface area (Å²) in [5.74, 6) is 1.17. The van der Waals surface area contributed by atoms with Crippen LogP contribution in [-0.4, -0.2) is 27.4 Å². The summed E-state index contributed by atoms with van der Waals surface area (Å²) in [4.78, 5) is 19.3. The number of aryl methyl sites for hydroxylation is 1. The Kier molecular flexibility index (Phi) is 7.46. The third kappa shape index (κ3) is 5.49. The van der Waals surface area contributed by atoms with Crippen molar-refractivity contribution in [2.24, 2.45) is 0 Å². The molecule has 6 nitrogen and oxygen atoms in total. The molecule has 0 unspecified atom stereocenters. The van der Waals surface area contributed by atoms with Crippen molar-refractivity contribution in [3.63, 3.8) is 0 Å². The fourth-order valence-corrected chi connectivity index (χ4v) is 5.11. The molecule has 9 heteroatoms. The first-order valence-electron chi connectivity index (χ1n) is 11.8. The Bertz CT molecular complexity index is 1430. The molecule has 1 fully saturated rings. The van der Waals surface area contributed by atoms with Crippen LogP contribution in [0.15, 0.2) is 83.4 Å². The number of pyridine rings is 1. The normalized spacial score (nSPS) is 17.1. The molecule has 188 valence electrons. The average molecular weight is 551 g/mol. The van der Waals surface area contributed by atoms with Crippen LogP contribution < -0.4 is 10.6 Å². The number of aromatic nitrogens is 1. The van der Waals surface area contributed by atoms with Crippen molar-refractivity contribution in [2.75, 3.05) is 11.9 Å². The zero-order valence-corrected chi connectivity index (χ0v) is 22.3. The lowest BCUT2D eigenvalue weighted by Crippen LogP contribution is -2.32. The molecule has 0 radical (unpaired) electrons. The van der Waals surface area contributed by atoms with Crippen LogP contribution in [0, 0.1) is 6.92 Å². The third-order valence-electron chi connectivity index (χ3n) is 6.25. The molecule has 1 aliphatic heterocycles. The number of carbonyl (C=O) groups excluding carboxylic acids is 1. The second kappa shape index (κ2) is 10.9. The summed E-state index contributed by atoms with van der Waals surface area (Å²) in [7, 11) is 0. The van der Waals surface area contributed by atoms with Crippen LogP contribution in [0.3, 0.4) is 0 Å². The smallest absolute Gasteiger partial charge is 0.226 e. The number of benzene rings is 2. The van der Waals surface area contributed by atoms with Gasteiger partial charge in [-0.3, -0.25) is 9.78 Å². The number of thiocarbonyl (C=S) groups is 1. The summed E-state index contributed by atoms with van der Waals surface area (Å²) < 4.78 is 6.32. The summed E-state index contributed by atoms with van der Waals surface area (Å²) in [6, 6.07) is 22.1. The van der Waals surface area contributed by atoms with Crippen molar-refractivity contribution in [3.05, 3.63) is 106 Å². The van der Waals surface area contributed by atoms with E-state index in [1.165, 1.54) is 0 Å². The number of halogens is 2.